The largest absolute Gasteiger partial charge is 0.417 e. The van der Waals surface area contributed by atoms with Gasteiger partial charge in [0.1, 0.15) is 5.82 Å². The molecule has 1 aromatic carbocycles. The number of alkyl halides is 3. The van der Waals surface area contributed by atoms with Gasteiger partial charge in [0.2, 0.25) is 5.82 Å². The van der Waals surface area contributed by atoms with Gasteiger partial charge < -0.3 is 5.32 Å². The van der Waals surface area contributed by atoms with Crippen molar-refractivity contribution in [1.82, 2.24) is 34.7 Å². The maximum absolute atomic E-state index is 13.4. The molecule has 172 valence electrons. The Labute approximate surface area is 192 Å². The predicted octanol–water partition coefficient (Wildman–Crippen LogP) is 4.13. The summed E-state index contributed by atoms with van der Waals surface area (Å²) in [6.07, 6.45) is -3.67. The van der Waals surface area contributed by atoms with Gasteiger partial charge in [-0.2, -0.15) is 13.2 Å². The van der Waals surface area contributed by atoms with Crippen LogP contribution in [-0.4, -0.2) is 35.3 Å². The number of hydrogen-bond acceptors (Lipinski definition) is 6. The highest BCUT2D eigenvalue weighted by Gasteiger charge is 2.31. The summed E-state index contributed by atoms with van der Waals surface area (Å²) < 4.78 is 55.1. The van der Waals surface area contributed by atoms with E-state index in [1.807, 2.05) is 11.4 Å². The highest BCUT2D eigenvalue weighted by molar-refractivity contribution is 7.13. The van der Waals surface area contributed by atoms with E-state index in [4.69, 9.17) is 0 Å². The molecule has 4 aromatic heterocycles. The van der Waals surface area contributed by atoms with Crippen LogP contribution >= 0.6 is 11.3 Å². The van der Waals surface area contributed by atoms with E-state index >= 15 is 0 Å². The lowest BCUT2D eigenvalue weighted by molar-refractivity contribution is -0.137. The van der Waals surface area contributed by atoms with E-state index in [1.54, 1.807) is 6.07 Å². The van der Waals surface area contributed by atoms with Crippen molar-refractivity contribution in [3.63, 3.8) is 0 Å². The van der Waals surface area contributed by atoms with Crippen molar-refractivity contribution >= 4 is 22.9 Å². The average molecular weight is 487 g/mol. The first-order valence-corrected chi connectivity index (χ1v) is 10.6. The third-order valence-corrected chi connectivity index (χ3v) is 5.70. The zero-order valence-corrected chi connectivity index (χ0v) is 17.8. The van der Waals surface area contributed by atoms with Crippen LogP contribution in [0.4, 0.5) is 17.6 Å². The number of halogens is 4. The van der Waals surface area contributed by atoms with Crippen molar-refractivity contribution in [2.24, 2.45) is 0 Å². The molecule has 0 aliphatic rings. The maximum Gasteiger partial charge on any atom is 0.417 e. The molecule has 34 heavy (non-hydrogen) atoms. The fourth-order valence-corrected chi connectivity index (χ4v) is 3.90. The second-order valence-corrected chi connectivity index (χ2v) is 8.01. The Kier molecular flexibility index (Phi) is 5.32. The minimum absolute atomic E-state index is 0.103. The summed E-state index contributed by atoms with van der Waals surface area (Å²) in [5, 5.41) is 16.3. The molecule has 4 heterocycles. The van der Waals surface area contributed by atoms with E-state index in [-0.39, 0.29) is 23.8 Å². The third-order valence-electron chi connectivity index (χ3n) is 4.83. The van der Waals surface area contributed by atoms with Crippen LogP contribution < -0.4 is 5.32 Å². The summed E-state index contributed by atoms with van der Waals surface area (Å²) >= 11 is 1.39. The molecule has 1 amide bonds. The molecular weight excluding hydrogens is 474 g/mol. The SMILES string of the molecule is O=C(NCc1nnc2ccc(C(F)(F)F)cn12)c1nc(-c2cccs2)n(-c2ccc(F)cc2)n1. The van der Waals surface area contributed by atoms with Gasteiger partial charge in [-0.3, -0.25) is 9.20 Å². The van der Waals surface area contributed by atoms with Gasteiger partial charge in [0.05, 0.1) is 22.7 Å². The van der Waals surface area contributed by atoms with Crippen LogP contribution in [0.1, 0.15) is 22.0 Å². The number of amides is 1. The second kappa shape index (κ2) is 8.33. The van der Waals surface area contributed by atoms with Crippen molar-refractivity contribution < 1.29 is 22.4 Å². The number of carbonyl (C=O) groups is 1. The summed E-state index contributed by atoms with van der Waals surface area (Å²) in [5.41, 5.74) is -0.164. The Bertz CT molecular complexity index is 1470. The van der Waals surface area contributed by atoms with Gasteiger partial charge in [-0.05, 0) is 47.8 Å². The van der Waals surface area contributed by atoms with E-state index in [1.165, 1.54) is 46.4 Å². The predicted molar refractivity (Wildman–Crippen MR) is 114 cm³/mol. The first-order valence-electron chi connectivity index (χ1n) is 9.75. The first-order chi connectivity index (χ1) is 16.3. The summed E-state index contributed by atoms with van der Waals surface area (Å²) in [5.74, 6) is -0.769. The molecule has 0 atom stereocenters. The van der Waals surface area contributed by atoms with Gasteiger partial charge in [-0.25, -0.2) is 14.1 Å². The van der Waals surface area contributed by atoms with Gasteiger partial charge in [0.25, 0.3) is 5.91 Å². The van der Waals surface area contributed by atoms with Crippen molar-refractivity contribution in [2.45, 2.75) is 12.7 Å². The van der Waals surface area contributed by atoms with Crippen LogP contribution in [0.5, 0.6) is 0 Å². The zero-order chi connectivity index (χ0) is 23.9. The third kappa shape index (κ3) is 4.12. The van der Waals surface area contributed by atoms with E-state index < -0.39 is 23.5 Å². The van der Waals surface area contributed by atoms with Crippen LogP contribution in [0, 0.1) is 5.82 Å². The Hall–Kier alpha value is -4.13. The molecular formula is C21H13F4N7OS. The quantitative estimate of drug-likeness (QED) is 0.377. The summed E-state index contributed by atoms with van der Waals surface area (Å²) in [6.45, 7) is -0.208. The summed E-state index contributed by atoms with van der Waals surface area (Å²) in [6, 6.07) is 11.3. The van der Waals surface area contributed by atoms with Crippen molar-refractivity contribution in [3.05, 3.63) is 83.1 Å². The molecule has 0 spiro atoms. The number of nitrogens with one attached hydrogen (secondary N) is 1. The van der Waals surface area contributed by atoms with E-state index in [2.05, 4.69) is 25.6 Å². The van der Waals surface area contributed by atoms with Crippen molar-refractivity contribution in [3.8, 4) is 16.4 Å². The molecule has 0 bridgehead atoms. The van der Waals surface area contributed by atoms with Crippen molar-refractivity contribution in [2.75, 3.05) is 0 Å². The molecule has 0 unspecified atom stereocenters. The molecule has 8 nitrogen and oxygen atoms in total. The number of carbonyl (C=O) groups excluding carboxylic acids is 1. The molecule has 5 aromatic rings. The van der Waals surface area contributed by atoms with Crippen LogP contribution in [0.25, 0.3) is 22.0 Å². The number of rotatable bonds is 5. The number of hydrogen-bond donors (Lipinski definition) is 1. The fraction of sp³-hybridized carbons (Fsp3) is 0.0952. The van der Waals surface area contributed by atoms with Gasteiger partial charge in [-0.1, -0.05) is 6.07 Å². The monoisotopic (exact) mass is 487 g/mol. The molecule has 0 aliphatic carbocycles. The topological polar surface area (TPSA) is 90.0 Å². The van der Waals surface area contributed by atoms with Gasteiger partial charge >= 0.3 is 6.18 Å². The fourth-order valence-electron chi connectivity index (χ4n) is 3.20. The molecule has 0 radical (unpaired) electrons. The van der Waals surface area contributed by atoms with Gasteiger partial charge in [-0.15, -0.1) is 26.6 Å². The van der Waals surface area contributed by atoms with E-state index in [9.17, 15) is 22.4 Å². The number of aromatic nitrogens is 6. The lowest BCUT2D eigenvalue weighted by Crippen LogP contribution is -2.25. The molecule has 0 saturated carbocycles. The second-order valence-electron chi connectivity index (χ2n) is 7.07. The maximum atomic E-state index is 13.4. The van der Waals surface area contributed by atoms with Crippen LogP contribution in [-0.2, 0) is 12.7 Å². The standard InChI is InChI=1S/C21H13F4N7OS/c22-13-4-6-14(7-5-13)32-19(15-2-1-9-34-15)27-18(30-32)20(33)26-10-17-29-28-16-8-3-12(11-31(16)17)21(23,24)25/h1-9,11H,10H2,(H,26,33). The van der Waals surface area contributed by atoms with Crippen LogP contribution in [0.3, 0.4) is 0 Å². The number of pyridine rings is 1. The van der Waals surface area contributed by atoms with Crippen LogP contribution in [0.2, 0.25) is 0 Å². The Morgan fingerprint density at radius 2 is 1.85 bits per heavy atom. The summed E-state index contributed by atoms with van der Waals surface area (Å²) in [7, 11) is 0. The highest BCUT2D eigenvalue weighted by atomic mass is 32.1. The number of nitrogens with zero attached hydrogens (tertiary/aromatic N) is 6. The molecule has 0 aliphatic heterocycles. The molecule has 5 rings (SSSR count). The Morgan fingerprint density at radius 3 is 2.56 bits per heavy atom. The minimum atomic E-state index is -4.53. The molecule has 0 fully saturated rings. The Balaban J connectivity index is 1.42. The number of fused-ring (bicyclic) bond motifs is 1. The Morgan fingerprint density at radius 1 is 1.06 bits per heavy atom. The summed E-state index contributed by atoms with van der Waals surface area (Å²) in [4.78, 5) is 17.8. The lowest BCUT2D eigenvalue weighted by Gasteiger charge is -2.07. The molecule has 0 saturated heterocycles. The van der Waals surface area contributed by atoms with Gasteiger partial charge in [0.15, 0.2) is 17.3 Å². The molecule has 13 heteroatoms. The number of thiophene rings is 1. The first kappa shape index (κ1) is 21.7. The zero-order valence-electron chi connectivity index (χ0n) is 17.0. The van der Waals surface area contributed by atoms with Crippen molar-refractivity contribution in [1.29, 1.82) is 0 Å². The molecule has 1 N–H and O–H groups in total. The number of benzene rings is 1. The smallest absolute Gasteiger partial charge is 0.342 e. The highest BCUT2D eigenvalue weighted by Crippen LogP contribution is 2.29. The van der Waals surface area contributed by atoms with Crippen LogP contribution in [0.15, 0.2) is 60.1 Å². The van der Waals surface area contributed by atoms with Gasteiger partial charge in [0, 0.05) is 6.20 Å². The van der Waals surface area contributed by atoms with E-state index in [0.717, 1.165) is 21.5 Å². The normalized spacial score (nSPS) is 11.8. The van der Waals surface area contributed by atoms with E-state index in [0.29, 0.717) is 11.5 Å². The lowest BCUT2D eigenvalue weighted by atomic mass is 10.3. The average Bonchev–Trinajstić information content (AvgIpc) is 3.56. The minimum Gasteiger partial charge on any atom is -0.342 e.